The van der Waals surface area contributed by atoms with E-state index in [2.05, 4.69) is 42.0 Å². The molecule has 138 valence electrons. The van der Waals surface area contributed by atoms with Gasteiger partial charge in [0.15, 0.2) is 0 Å². The van der Waals surface area contributed by atoms with Crippen LogP contribution in [-0.2, 0) is 6.54 Å². The van der Waals surface area contributed by atoms with E-state index in [9.17, 15) is 4.79 Å². The molecule has 0 spiro atoms. The Kier molecular flexibility index (Phi) is 7.63. The minimum absolute atomic E-state index is 0.0737. The Morgan fingerprint density at radius 2 is 1.96 bits per heavy atom. The maximum Gasteiger partial charge on any atom is 0.261 e. The van der Waals surface area contributed by atoms with Crippen molar-refractivity contribution in [1.82, 2.24) is 14.9 Å². The SMILES string of the molecule is CCC[C@@H](CC[C@H](C)NCC)c1nc2ccc(Br)cc2c(=O)n1CC. The van der Waals surface area contributed by atoms with Crippen LogP contribution in [0.1, 0.15) is 65.1 Å². The zero-order valence-corrected chi connectivity index (χ0v) is 17.4. The molecule has 1 heterocycles. The highest BCUT2D eigenvalue weighted by Gasteiger charge is 2.20. The number of halogens is 1. The van der Waals surface area contributed by atoms with Crippen LogP contribution in [0.4, 0.5) is 0 Å². The third-order valence-electron chi connectivity index (χ3n) is 4.76. The van der Waals surface area contributed by atoms with Crippen LogP contribution < -0.4 is 10.9 Å². The number of aromatic nitrogens is 2. The number of nitrogens with zero attached hydrogens (tertiary/aromatic N) is 2. The molecule has 0 aliphatic heterocycles. The van der Waals surface area contributed by atoms with Gasteiger partial charge in [-0.3, -0.25) is 9.36 Å². The highest BCUT2D eigenvalue weighted by atomic mass is 79.9. The molecule has 1 aromatic heterocycles. The molecule has 2 rings (SSSR count). The zero-order valence-electron chi connectivity index (χ0n) is 15.8. The summed E-state index contributed by atoms with van der Waals surface area (Å²) in [5.41, 5.74) is 0.873. The average molecular weight is 408 g/mol. The predicted molar refractivity (Wildman–Crippen MR) is 109 cm³/mol. The number of nitrogens with one attached hydrogen (secondary N) is 1. The van der Waals surface area contributed by atoms with Crippen LogP contribution in [0.25, 0.3) is 10.9 Å². The molecule has 25 heavy (non-hydrogen) atoms. The van der Waals surface area contributed by atoms with Crippen molar-refractivity contribution in [3.8, 4) is 0 Å². The molecule has 2 atom stereocenters. The summed E-state index contributed by atoms with van der Waals surface area (Å²) in [6, 6.07) is 6.26. The Morgan fingerprint density at radius 1 is 1.20 bits per heavy atom. The lowest BCUT2D eigenvalue weighted by atomic mass is 9.94. The van der Waals surface area contributed by atoms with Gasteiger partial charge >= 0.3 is 0 Å². The van der Waals surface area contributed by atoms with Gasteiger partial charge in [0.2, 0.25) is 0 Å². The summed E-state index contributed by atoms with van der Waals surface area (Å²) < 4.78 is 2.78. The van der Waals surface area contributed by atoms with Gasteiger partial charge < -0.3 is 5.32 Å². The highest BCUT2D eigenvalue weighted by molar-refractivity contribution is 9.10. The normalized spacial score (nSPS) is 14.0. The first kappa shape index (κ1) is 20.1. The van der Waals surface area contributed by atoms with Gasteiger partial charge in [0.1, 0.15) is 5.82 Å². The van der Waals surface area contributed by atoms with Gasteiger partial charge in [0.25, 0.3) is 5.56 Å². The van der Waals surface area contributed by atoms with Gasteiger partial charge in [-0.25, -0.2) is 4.98 Å². The molecule has 4 nitrogen and oxygen atoms in total. The number of fused-ring (bicyclic) bond motifs is 1. The van der Waals surface area contributed by atoms with Crippen molar-refractivity contribution < 1.29 is 0 Å². The van der Waals surface area contributed by atoms with Crippen molar-refractivity contribution in [1.29, 1.82) is 0 Å². The lowest BCUT2D eigenvalue weighted by Crippen LogP contribution is -2.28. The zero-order chi connectivity index (χ0) is 18.4. The third kappa shape index (κ3) is 4.91. The van der Waals surface area contributed by atoms with Gasteiger partial charge in [-0.15, -0.1) is 0 Å². The van der Waals surface area contributed by atoms with Crippen molar-refractivity contribution >= 4 is 26.8 Å². The van der Waals surface area contributed by atoms with Crippen LogP contribution in [0.5, 0.6) is 0 Å². The van der Waals surface area contributed by atoms with E-state index in [1.54, 1.807) is 0 Å². The molecule has 1 N–H and O–H groups in total. The molecule has 0 radical (unpaired) electrons. The maximum absolute atomic E-state index is 13.0. The van der Waals surface area contributed by atoms with Crippen LogP contribution in [0.3, 0.4) is 0 Å². The number of hydrogen-bond acceptors (Lipinski definition) is 3. The van der Waals surface area contributed by atoms with Gasteiger partial charge in [-0.05, 0) is 57.9 Å². The lowest BCUT2D eigenvalue weighted by Gasteiger charge is -2.22. The monoisotopic (exact) mass is 407 g/mol. The first-order valence-corrected chi connectivity index (χ1v) is 10.2. The van der Waals surface area contributed by atoms with E-state index in [-0.39, 0.29) is 5.56 Å². The van der Waals surface area contributed by atoms with E-state index >= 15 is 0 Å². The van der Waals surface area contributed by atoms with Crippen LogP contribution >= 0.6 is 15.9 Å². The smallest absolute Gasteiger partial charge is 0.261 e. The standard InChI is InChI=1S/C20H30BrN3O/c1-5-8-15(10-9-14(4)22-6-2)19-23-18-12-11-16(21)13-17(18)20(25)24(19)7-3/h11-15,22H,5-10H2,1-4H3/t14-,15-/m0/s1. The minimum atomic E-state index is 0.0737. The van der Waals surface area contributed by atoms with E-state index in [0.717, 1.165) is 48.0 Å². The minimum Gasteiger partial charge on any atom is -0.315 e. The largest absolute Gasteiger partial charge is 0.315 e. The van der Waals surface area contributed by atoms with Gasteiger partial charge in [0, 0.05) is 23.0 Å². The van der Waals surface area contributed by atoms with Crippen LogP contribution in [0.2, 0.25) is 0 Å². The summed E-state index contributed by atoms with van der Waals surface area (Å²) in [5.74, 6) is 1.28. The molecular formula is C20H30BrN3O. The van der Waals surface area contributed by atoms with Gasteiger partial charge in [-0.1, -0.05) is 36.2 Å². The maximum atomic E-state index is 13.0. The average Bonchev–Trinajstić information content (AvgIpc) is 2.59. The molecule has 0 aliphatic rings. The van der Waals surface area contributed by atoms with Crippen molar-refractivity contribution in [2.75, 3.05) is 6.54 Å². The Balaban J connectivity index is 2.43. The van der Waals surface area contributed by atoms with Gasteiger partial charge in [-0.2, -0.15) is 0 Å². The molecule has 1 aromatic carbocycles. The fourth-order valence-electron chi connectivity index (χ4n) is 3.48. The summed E-state index contributed by atoms with van der Waals surface area (Å²) in [4.78, 5) is 17.9. The quantitative estimate of drug-likeness (QED) is 0.646. The summed E-state index contributed by atoms with van der Waals surface area (Å²) in [5, 5.41) is 4.17. The van der Waals surface area contributed by atoms with E-state index in [4.69, 9.17) is 4.98 Å². The topological polar surface area (TPSA) is 46.9 Å². The molecule has 0 fully saturated rings. The fourth-order valence-corrected chi connectivity index (χ4v) is 3.84. The molecule has 0 amide bonds. The molecular weight excluding hydrogens is 378 g/mol. The van der Waals surface area contributed by atoms with Crippen molar-refractivity contribution in [2.45, 2.75) is 71.9 Å². The van der Waals surface area contributed by atoms with Gasteiger partial charge in [0.05, 0.1) is 10.9 Å². The lowest BCUT2D eigenvalue weighted by molar-refractivity contribution is 0.437. The highest BCUT2D eigenvalue weighted by Crippen LogP contribution is 2.27. The number of benzene rings is 1. The van der Waals surface area contributed by atoms with E-state index in [1.165, 1.54) is 0 Å². The summed E-state index contributed by atoms with van der Waals surface area (Å²) in [7, 11) is 0. The Bertz CT molecular complexity index is 756. The second-order valence-electron chi connectivity index (χ2n) is 6.70. The summed E-state index contributed by atoms with van der Waals surface area (Å²) >= 11 is 3.46. The molecule has 5 heteroatoms. The van der Waals surface area contributed by atoms with E-state index < -0.39 is 0 Å². The van der Waals surface area contributed by atoms with Crippen LogP contribution in [0.15, 0.2) is 27.5 Å². The predicted octanol–water partition coefficient (Wildman–Crippen LogP) is 4.84. The summed E-state index contributed by atoms with van der Waals surface area (Å²) in [6.45, 7) is 10.2. The van der Waals surface area contributed by atoms with E-state index in [1.807, 2.05) is 29.7 Å². The van der Waals surface area contributed by atoms with Crippen molar-refractivity contribution in [3.63, 3.8) is 0 Å². The number of hydrogen-bond donors (Lipinski definition) is 1. The molecule has 0 saturated heterocycles. The Morgan fingerprint density at radius 3 is 2.60 bits per heavy atom. The molecule has 0 unspecified atom stereocenters. The summed E-state index contributed by atoms with van der Waals surface area (Å²) in [6.07, 6.45) is 4.30. The first-order chi connectivity index (χ1) is 12.0. The van der Waals surface area contributed by atoms with Crippen LogP contribution in [0, 0.1) is 0 Å². The molecule has 0 saturated carbocycles. The van der Waals surface area contributed by atoms with E-state index in [0.29, 0.717) is 23.9 Å². The third-order valence-corrected chi connectivity index (χ3v) is 5.26. The van der Waals surface area contributed by atoms with Crippen molar-refractivity contribution in [3.05, 3.63) is 38.9 Å². The molecule has 0 bridgehead atoms. The second-order valence-corrected chi connectivity index (χ2v) is 7.62. The van der Waals surface area contributed by atoms with Crippen molar-refractivity contribution in [2.24, 2.45) is 0 Å². The number of rotatable bonds is 9. The molecule has 2 aromatic rings. The Labute approximate surface area is 159 Å². The molecule has 0 aliphatic carbocycles. The first-order valence-electron chi connectivity index (χ1n) is 9.45. The fraction of sp³-hybridized carbons (Fsp3) is 0.600. The Hall–Kier alpha value is -1.20. The van der Waals surface area contributed by atoms with Crippen LogP contribution in [-0.4, -0.2) is 22.1 Å². The second kappa shape index (κ2) is 9.48.